The summed E-state index contributed by atoms with van der Waals surface area (Å²) in [5.74, 6) is 0.739. The predicted octanol–water partition coefficient (Wildman–Crippen LogP) is 1.54. The van der Waals surface area contributed by atoms with Gasteiger partial charge in [-0.05, 0) is 31.7 Å². The molecule has 0 aliphatic heterocycles. The fourth-order valence-corrected chi connectivity index (χ4v) is 2.12. The van der Waals surface area contributed by atoms with Crippen LogP contribution in [0.2, 0.25) is 0 Å². The van der Waals surface area contributed by atoms with E-state index < -0.39 is 0 Å². The van der Waals surface area contributed by atoms with Crippen LogP contribution >= 0.6 is 0 Å². The SMILES string of the molecule is CCC(CCN)CCC(=O)NCCCn1ccnc1. The molecule has 108 valence electrons. The van der Waals surface area contributed by atoms with Gasteiger partial charge < -0.3 is 15.6 Å². The van der Waals surface area contributed by atoms with Gasteiger partial charge in [0.15, 0.2) is 0 Å². The van der Waals surface area contributed by atoms with Crippen molar-refractivity contribution in [2.75, 3.05) is 13.1 Å². The van der Waals surface area contributed by atoms with Crippen molar-refractivity contribution in [1.29, 1.82) is 0 Å². The second-order valence-electron chi connectivity index (χ2n) is 4.89. The predicted molar refractivity (Wildman–Crippen MR) is 76.5 cm³/mol. The van der Waals surface area contributed by atoms with Crippen LogP contribution in [0.4, 0.5) is 0 Å². The van der Waals surface area contributed by atoms with Crippen LogP contribution in [0, 0.1) is 5.92 Å². The quantitative estimate of drug-likeness (QED) is 0.631. The zero-order valence-electron chi connectivity index (χ0n) is 11.8. The molecule has 19 heavy (non-hydrogen) atoms. The summed E-state index contributed by atoms with van der Waals surface area (Å²) in [7, 11) is 0. The van der Waals surface area contributed by atoms with Crippen LogP contribution in [0.25, 0.3) is 0 Å². The van der Waals surface area contributed by atoms with E-state index in [9.17, 15) is 4.79 Å². The van der Waals surface area contributed by atoms with Gasteiger partial charge in [-0.2, -0.15) is 0 Å². The minimum absolute atomic E-state index is 0.154. The average molecular weight is 266 g/mol. The van der Waals surface area contributed by atoms with E-state index in [4.69, 9.17) is 5.73 Å². The summed E-state index contributed by atoms with van der Waals surface area (Å²) in [6.07, 6.45) is 10.1. The first-order chi connectivity index (χ1) is 9.26. The molecule has 0 saturated carbocycles. The molecule has 1 aromatic heterocycles. The lowest BCUT2D eigenvalue weighted by Crippen LogP contribution is -2.25. The number of amides is 1. The second kappa shape index (κ2) is 9.55. The Morgan fingerprint density at radius 1 is 1.47 bits per heavy atom. The monoisotopic (exact) mass is 266 g/mol. The standard InChI is InChI=1S/C14H26N4O/c1-2-13(6-7-15)4-5-14(19)17-8-3-10-18-11-9-16-12-18/h9,11-13H,2-8,10,15H2,1H3,(H,17,19). The minimum Gasteiger partial charge on any atom is -0.356 e. The molecular weight excluding hydrogens is 240 g/mol. The van der Waals surface area contributed by atoms with E-state index in [0.717, 1.165) is 38.8 Å². The Hall–Kier alpha value is -1.36. The summed E-state index contributed by atoms with van der Waals surface area (Å²) in [4.78, 5) is 15.6. The van der Waals surface area contributed by atoms with Gasteiger partial charge in [0, 0.05) is 31.9 Å². The van der Waals surface area contributed by atoms with Gasteiger partial charge in [0.25, 0.3) is 0 Å². The van der Waals surface area contributed by atoms with E-state index in [0.29, 0.717) is 18.9 Å². The number of hydrogen-bond acceptors (Lipinski definition) is 3. The van der Waals surface area contributed by atoms with Crippen LogP contribution in [-0.4, -0.2) is 28.5 Å². The van der Waals surface area contributed by atoms with Crippen LogP contribution in [0.15, 0.2) is 18.7 Å². The number of imidazole rings is 1. The Morgan fingerprint density at radius 3 is 2.95 bits per heavy atom. The van der Waals surface area contributed by atoms with Crippen molar-refractivity contribution in [3.8, 4) is 0 Å². The maximum absolute atomic E-state index is 11.7. The van der Waals surface area contributed by atoms with Gasteiger partial charge in [-0.1, -0.05) is 13.3 Å². The van der Waals surface area contributed by atoms with Crippen LogP contribution < -0.4 is 11.1 Å². The van der Waals surface area contributed by atoms with Gasteiger partial charge in [0.2, 0.25) is 5.91 Å². The molecule has 0 fully saturated rings. The Morgan fingerprint density at radius 2 is 2.32 bits per heavy atom. The van der Waals surface area contributed by atoms with Crippen LogP contribution in [0.3, 0.4) is 0 Å². The lowest BCUT2D eigenvalue weighted by atomic mass is 9.96. The Balaban J connectivity index is 2.04. The molecule has 5 heteroatoms. The smallest absolute Gasteiger partial charge is 0.220 e. The van der Waals surface area contributed by atoms with Gasteiger partial charge in [-0.15, -0.1) is 0 Å². The van der Waals surface area contributed by atoms with Crippen LogP contribution in [-0.2, 0) is 11.3 Å². The lowest BCUT2D eigenvalue weighted by molar-refractivity contribution is -0.121. The molecular formula is C14H26N4O. The highest BCUT2D eigenvalue weighted by molar-refractivity contribution is 5.75. The number of hydrogen-bond donors (Lipinski definition) is 2. The van der Waals surface area contributed by atoms with Gasteiger partial charge in [0.1, 0.15) is 0 Å². The number of aromatic nitrogens is 2. The number of nitrogens with two attached hydrogens (primary N) is 1. The van der Waals surface area contributed by atoms with Crippen molar-refractivity contribution in [2.45, 2.75) is 45.6 Å². The van der Waals surface area contributed by atoms with Crippen molar-refractivity contribution in [3.63, 3.8) is 0 Å². The lowest BCUT2D eigenvalue weighted by Gasteiger charge is -2.13. The molecule has 1 amide bonds. The normalized spacial score (nSPS) is 12.3. The molecule has 1 atom stereocenters. The molecule has 1 unspecified atom stereocenters. The van der Waals surface area contributed by atoms with Crippen molar-refractivity contribution in [3.05, 3.63) is 18.7 Å². The van der Waals surface area contributed by atoms with E-state index in [1.807, 2.05) is 10.8 Å². The second-order valence-corrected chi connectivity index (χ2v) is 4.89. The summed E-state index contributed by atoms with van der Waals surface area (Å²) in [6, 6.07) is 0. The maximum Gasteiger partial charge on any atom is 0.220 e. The van der Waals surface area contributed by atoms with Gasteiger partial charge in [0.05, 0.1) is 6.33 Å². The Bertz CT molecular complexity index is 337. The van der Waals surface area contributed by atoms with E-state index in [1.54, 1.807) is 12.5 Å². The highest BCUT2D eigenvalue weighted by atomic mass is 16.1. The molecule has 0 spiro atoms. The first-order valence-corrected chi connectivity index (χ1v) is 7.18. The first kappa shape index (κ1) is 15.7. The fraction of sp³-hybridized carbons (Fsp3) is 0.714. The van der Waals surface area contributed by atoms with Crippen molar-refractivity contribution in [1.82, 2.24) is 14.9 Å². The van der Waals surface area contributed by atoms with E-state index in [-0.39, 0.29) is 5.91 Å². The van der Waals surface area contributed by atoms with Gasteiger partial charge >= 0.3 is 0 Å². The summed E-state index contributed by atoms with van der Waals surface area (Å²) in [5.41, 5.74) is 5.55. The van der Waals surface area contributed by atoms with Gasteiger partial charge in [-0.3, -0.25) is 4.79 Å². The number of nitrogens with one attached hydrogen (secondary N) is 1. The summed E-state index contributed by atoms with van der Waals surface area (Å²) >= 11 is 0. The van der Waals surface area contributed by atoms with E-state index in [2.05, 4.69) is 17.2 Å². The maximum atomic E-state index is 11.7. The fourth-order valence-electron chi connectivity index (χ4n) is 2.12. The van der Waals surface area contributed by atoms with Crippen molar-refractivity contribution >= 4 is 5.91 Å². The number of rotatable bonds is 10. The van der Waals surface area contributed by atoms with Gasteiger partial charge in [-0.25, -0.2) is 4.98 Å². The molecule has 1 aromatic rings. The molecule has 3 N–H and O–H groups in total. The summed E-state index contributed by atoms with van der Waals surface area (Å²) in [5, 5.41) is 2.96. The van der Waals surface area contributed by atoms with Crippen LogP contribution in [0.5, 0.6) is 0 Å². The van der Waals surface area contributed by atoms with E-state index in [1.165, 1.54) is 0 Å². The first-order valence-electron chi connectivity index (χ1n) is 7.18. The average Bonchev–Trinajstić information content (AvgIpc) is 2.92. The Labute approximate surface area is 115 Å². The zero-order chi connectivity index (χ0) is 13.9. The number of aryl methyl sites for hydroxylation is 1. The highest BCUT2D eigenvalue weighted by Crippen LogP contribution is 2.14. The molecule has 0 aliphatic rings. The molecule has 0 aliphatic carbocycles. The third kappa shape index (κ3) is 6.96. The Kier molecular flexibility index (Phi) is 7.89. The number of carbonyl (C=O) groups is 1. The van der Waals surface area contributed by atoms with Crippen molar-refractivity contribution in [2.24, 2.45) is 11.7 Å². The molecule has 1 rings (SSSR count). The third-order valence-electron chi connectivity index (χ3n) is 3.41. The highest BCUT2D eigenvalue weighted by Gasteiger charge is 2.08. The summed E-state index contributed by atoms with van der Waals surface area (Å²) < 4.78 is 2.01. The number of nitrogens with zero attached hydrogens (tertiary/aromatic N) is 2. The minimum atomic E-state index is 0.154. The molecule has 0 saturated heterocycles. The van der Waals surface area contributed by atoms with E-state index >= 15 is 0 Å². The third-order valence-corrected chi connectivity index (χ3v) is 3.41. The molecule has 1 heterocycles. The molecule has 0 aromatic carbocycles. The summed E-state index contributed by atoms with van der Waals surface area (Å²) in [6.45, 7) is 4.49. The molecule has 0 radical (unpaired) electrons. The van der Waals surface area contributed by atoms with Crippen LogP contribution in [0.1, 0.15) is 39.0 Å². The molecule has 0 bridgehead atoms. The molecule has 5 nitrogen and oxygen atoms in total. The topological polar surface area (TPSA) is 72.9 Å². The zero-order valence-corrected chi connectivity index (χ0v) is 11.8. The largest absolute Gasteiger partial charge is 0.356 e. The van der Waals surface area contributed by atoms with Crippen molar-refractivity contribution < 1.29 is 4.79 Å². The number of carbonyl (C=O) groups excluding carboxylic acids is 1.